The molecule has 4 heterocycles. The van der Waals surface area contributed by atoms with Crippen LogP contribution in [0.4, 0.5) is 4.79 Å². The lowest BCUT2D eigenvalue weighted by molar-refractivity contribution is 0.0884. The summed E-state index contributed by atoms with van der Waals surface area (Å²) < 4.78 is 17.3. The largest absolute Gasteiger partial charge is 0.497 e. The molecule has 2 aromatic carbocycles. The van der Waals surface area contributed by atoms with Crippen LogP contribution in [0.3, 0.4) is 0 Å². The topological polar surface area (TPSA) is 54.5 Å². The number of fused-ring (bicyclic) bond motifs is 4. The summed E-state index contributed by atoms with van der Waals surface area (Å²) in [6.07, 6.45) is 5.17. The first-order valence-electron chi connectivity index (χ1n) is 13.5. The summed E-state index contributed by atoms with van der Waals surface area (Å²) in [7, 11) is 3.37. The quantitative estimate of drug-likeness (QED) is 0.579. The van der Waals surface area contributed by atoms with Crippen molar-refractivity contribution < 1.29 is 19.0 Å². The third-order valence-electron chi connectivity index (χ3n) is 8.78. The van der Waals surface area contributed by atoms with Crippen molar-refractivity contribution in [1.29, 1.82) is 0 Å². The summed E-state index contributed by atoms with van der Waals surface area (Å²) in [6, 6.07) is 10.6. The monoisotopic (exact) mass is 503 g/mol. The summed E-state index contributed by atoms with van der Waals surface area (Å²) in [5, 5.41) is 0. The Balaban J connectivity index is 1.30. The molecule has 0 N–H and O–H groups in total. The number of amides is 2. The standard InChI is InChI=1S/C30H37N3O4/c1-5-33-29(34)32-19-23-16-24(35-3)17-25(36-4)27(23)20(2)15-26(32)30(33)10-12-31(13-11-30)18-22-8-6-7-21-9-14-37-28(21)22/h6-8,15-17,20H,5,9-14,18-19H2,1-4H3/t20-/m0/s1. The highest BCUT2D eigenvalue weighted by atomic mass is 16.5. The van der Waals surface area contributed by atoms with Gasteiger partial charge in [0.1, 0.15) is 17.2 Å². The van der Waals surface area contributed by atoms with Crippen LogP contribution in [-0.2, 0) is 19.5 Å². The van der Waals surface area contributed by atoms with Crippen LogP contribution >= 0.6 is 0 Å². The molecule has 6 rings (SSSR count). The first-order chi connectivity index (χ1) is 18.0. The fourth-order valence-electron chi connectivity index (χ4n) is 6.99. The van der Waals surface area contributed by atoms with Crippen LogP contribution in [0, 0.1) is 0 Å². The van der Waals surface area contributed by atoms with E-state index in [0.29, 0.717) is 13.1 Å². The summed E-state index contributed by atoms with van der Waals surface area (Å²) in [6.45, 7) is 9.11. The van der Waals surface area contributed by atoms with Crippen molar-refractivity contribution >= 4 is 6.03 Å². The molecule has 0 aromatic heterocycles. The van der Waals surface area contributed by atoms with Gasteiger partial charge in [-0.3, -0.25) is 9.80 Å². The van der Waals surface area contributed by atoms with E-state index in [0.717, 1.165) is 79.6 Å². The van der Waals surface area contributed by atoms with Gasteiger partial charge in [0.2, 0.25) is 0 Å². The fraction of sp³-hybridized carbons (Fsp3) is 0.500. The Morgan fingerprint density at radius 2 is 1.92 bits per heavy atom. The summed E-state index contributed by atoms with van der Waals surface area (Å²) in [5.74, 6) is 2.79. The van der Waals surface area contributed by atoms with Gasteiger partial charge in [-0.1, -0.05) is 31.2 Å². The number of para-hydroxylation sites is 1. The number of methoxy groups -OCH3 is 2. The zero-order valence-corrected chi connectivity index (χ0v) is 22.4. The number of likely N-dealkylation sites (N-methyl/N-ethyl adjacent to an activating group) is 1. The van der Waals surface area contributed by atoms with Gasteiger partial charge in [-0.25, -0.2) is 4.79 Å². The molecule has 0 radical (unpaired) electrons. The van der Waals surface area contributed by atoms with E-state index in [-0.39, 0.29) is 17.5 Å². The minimum absolute atomic E-state index is 0.110. The number of likely N-dealkylation sites (tertiary alicyclic amines) is 1. The average Bonchev–Trinajstić information content (AvgIpc) is 3.43. The van der Waals surface area contributed by atoms with E-state index in [2.05, 4.69) is 54.0 Å². The Hall–Kier alpha value is -3.19. The van der Waals surface area contributed by atoms with Crippen molar-refractivity contribution in [2.24, 2.45) is 0 Å². The van der Waals surface area contributed by atoms with Crippen molar-refractivity contribution in [2.45, 2.75) is 57.7 Å². The predicted octanol–water partition coefficient (Wildman–Crippen LogP) is 4.93. The number of piperidine rings is 1. The van der Waals surface area contributed by atoms with Crippen LogP contribution < -0.4 is 14.2 Å². The molecule has 196 valence electrons. The van der Waals surface area contributed by atoms with E-state index in [1.54, 1.807) is 14.2 Å². The lowest BCUT2D eigenvalue weighted by atomic mass is 9.82. The van der Waals surface area contributed by atoms with Crippen molar-refractivity contribution in [1.82, 2.24) is 14.7 Å². The molecule has 7 nitrogen and oxygen atoms in total. The molecule has 2 fully saturated rings. The summed E-state index contributed by atoms with van der Waals surface area (Å²) >= 11 is 0. The van der Waals surface area contributed by atoms with E-state index < -0.39 is 0 Å². The van der Waals surface area contributed by atoms with Crippen LogP contribution in [0.5, 0.6) is 17.2 Å². The van der Waals surface area contributed by atoms with Gasteiger partial charge in [0.05, 0.1) is 32.9 Å². The normalized spacial score (nSPS) is 22.2. The predicted molar refractivity (Wildman–Crippen MR) is 142 cm³/mol. The number of urea groups is 1. The van der Waals surface area contributed by atoms with Crippen molar-refractivity contribution in [2.75, 3.05) is 40.5 Å². The van der Waals surface area contributed by atoms with Crippen LogP contribution in [0.1, 0.15) is 54.9 Å². The van der Waals surface area contributed by atoms with Gasteiger partial charge < -0.3 is 19.1 Å². The van der Waals surface area contributed by atoms with E-state index in [1.165, 1.54) is 11.1 Å². The highest BCUT2D eigenvalue weighted by molar-refractivity contribution is 5.83. The number of hydrogen-bond donors (Lipinski definition) is 0. The SMILES string of the molecule is CCN1C(=O)N2Cc3cc(OC)cc(OC)c3[C@@H](C)C=C2C12CCN(Cc1cccc3c1OCC3)CC2. The van der Waals surface area contributed by atoms with Crippen molar-refractivity contribution in [3.63, 3.8) is 0 Å². The Morgan fingerprint density at radius 1 is 1.11 bits per heavy atom. The molecule has 37 heavy (non-hydrogen) atoms. The molecule has 4 aliphatic rings. The smallest absolute Gasteiger partial charge is 0.325 e. The van der Waals surface area contributed by atoms with Gasteiger partial charge in [0, 0.05) is 61.4 Å². The molecule has 0 aliphatic carbocycles. The first-order valence-corrected chi connectivity index (χ1v) is 13.5. The second kappa shape index (κ2) is 9.28. The number of nitrogens with zero attached hydrogens (tertiary/aromatic N) is 3. The Labute approximate surface area is 219 Å². The maximum atomic E-state index is 13.8. The Kier molecular flexibility index (Phi) is 6.06. The molecule has 7 heteroatoms. The number of carbonyl (C=O) groups is 1. The molecule has 1 atom stereocenters. The number of benzene rings is 2. The van der Waals surface area contributed by atoms with Gasteiger partial charge in [-0.15, -0.1) is 0 Å². The molecule has 1 spiro atoms. The first kappa shape index (κ1) is 24.2. The Bertz CT molecular complexity index is 1250. The van der Waals surface area contributed by atoms with E-state index >= 15 is 0 Å². The lowest BCUT2D eigenvalue weighted by Gasteiger charge is -2.44. The molecule has 2 aromatic rings. The fourth-order valence-corrected chi connectivity index (χ4v) is 6.99. The average molecular weight is 504 g/mol. The molecular formula is C30H37N3O4. The highest BCUT2D eigenvalue weighted by Gasteiger charge is 2.54. The zero-order valence-electron chi connectivity index (χ0n) is 22.4. The highest BCUT2D eigenvalue weighted by Crippen LogP contribution is 2.49. The van der Waals surface area contributed by atoms with Crippen molar-refractivity contribution in [3.05, 3.63) is 64.4 Å². The lowest BCUT2D eigenvalue weighted by Crippen LogP contribution is -2.53. The summed E-state index contributed by atoms with van der Waals surface area (Å²) in [4.78, 5) is 20.5. The van der Waals surface area contributed by atoms with Gasteiger partial charge >= 0.3 is 6.03 Å². The van der Waals surface area contributed by atoms with Gasteiger partial charge in [0.25, 0.3) is 0 Å². The maximum absolute atomic E-state index is 13.8. The number of allylic oxidation sites excluding steroid dienone is 1. The van der Waals surface area contributed by atoms with E-state index in [4.69, 9.17) is 14.2 Å². The van der Waals surface area contributed by atoms with Gasteiger partial charge in [-0.2, -0.15) is 0 Å². The van der Waals surface area contributed by atoms with Crippen LogP contribution in [-0.4, -0.2) is 66.7 Å². The second-order valence-electron chi connectivity index (χ2n) is 10.7. The van der Waals surface area contributed by atoms with Crippen LogP contribution in [0.2, 0.25) is 0 Å². The van der Waals surface area contributed by atoms with Crippen LogP contribution in [0.25, 0.3) is 0 Å². The minimum atomic E-state index is -0.273. The second-order valence-corrected chi connectivity index (χ2v) is 10.7. The number of ether oxygens (including phenoxy) is 3. The number of carbonyl (C=O) groups excluding carboxylic acids is 1. The van der Waals surface area contributed by atoms with E-state index in [1.807, 2.05) is 11.0 Å². The van der Waals surface area contributed by atoms with Gasteiger partial charge in [-0.05, 0) is 37.0 Å². The molecule has 0 unspecified atom stereocenters. The minimum Gasteiger partial charge on any atom is -0.497 e. The molecular weight excluding hydrogens is 466 g/mol. The number of rotatable bonds is 5. The third-order valence-corrected chi connectivity index (χ3v) is 8.78. The van der Waals surface area contributed by atoms with E-state index in [9.17, 15) is 4.79 Å². The zero-order chi connectivity index (χ0) is 25.7. The van der Waals surface area contributed by atoms with Crippen LogP contribution in [0.15, 0.2) is 42.1 Å². The van der Waals surface area contributed by atoms with Gasteiger partial charge in [0.15, 0.2) is 0 Å². The molecule has 2 saturated heterocycles. The molecule has 0 saturated carbocycles. The van der Waals surface area contributed by atoms with Crippen molar-refractivity contribution in [3.8, 4) is 17.2 Å². The molecule has 2 amide bonds. The number of hydrogen-bond acceptors (Lipinski definition) is 5. The summed E-state index contributed by atoms with van der Waals surface area (Å²) in [5.41, 5.74) is 5.72. The molecule has 4 aliphatic heterocycles. The maximum Gasteiger partial charge on any atom is 0.325 e. The Morgan fingerprint density at radius 3 is 2.65 bits per heavy atom. The third kappa shape index (κ3) is 3.78. The molecule has 0 bridgehead atoms.